The number of hydrogen-bond acceptors (Lipinski definition) is 5. The molecule has 0 spiro atoms. The van der Waals surface area contributed by atoms with Crippen LogP contribution in [0.1, 0.15) is 16.1 Å². The Labute approximate surface area is 186 Å². The molecule has 0 fully saturated rings. The monoisotopic (exact) mass is 475 g/mol. The molecule has 0 aliphatic heterocycles. The average Bonchev–Trinajstić information content (AvgIpc) is 3.21. The molecule has 0 radical (unpaired) electrons. The molecule has 4 rings (SSSR count). The van der Waals surface area contributed by atoms with Crippen molar-refractivity contribution in [2.24, 2.45) is 0 Å². The number of halogens is 3. The lowest BCUT2D eigenvalue weighted by Gasteiger charge is -2.13. The number of pyridine rings is 1. The molecule has 11 heteroatoms. The van der Waals surface area contributed by atoms with Crippen LogP contribution in [0.2, 0.25) is 0 Å². The largest absolute Gasteiger partial charge is 0.573 e. The van der Waals surface area contributed by atoms with Gasteiger partial charge in [-0.2, -0.15) is 0 Å². The van der Waals surface area contributed by atoms with E-state index in [0.717, 1.165) is 23.0 Å². The van der Waals surface area contributed by atoms with Gasteiger partial charge in [-0.05, 0) is 42.0 Å². The zero-order valence-corrected chi connectivity index (χ0v) is 17.6. The summed E-state index contributed by atoms with van der Waals surface area (Å²) in [6, 6.07) is 13.4. The number of sulfone groups is 1. The van der Waals surface area contributed by atoms with Crippen LogP contribution in [0, 0.1) is 0 Å². The number of nitrogens with one attached hydrogen (secondary N) is 2. The molecule has 2 N–H and O–H groups in total. The van der Waals surface area contributed by atoms with Gasteiger partial charge in [0, 0.05) is 29.8 Å². The highest BCUT2D eigenvalue weighted by atomic mass is 32.2. The average molecular weight is 475 g/mol. The molecule has 2 aromatic heterocycles. The van der Waals surface area contributed by atoms with Crippen LogP contribution in [0.4, 0.5) is 13.2 Å². The predicted octanol–water partition coefficient (Wildman–Crippen LogP) is 4.22. The van der Waals surface area contributed by atoms with Gasteiger partial charge in [0.1, 0.15) is 16.3 Å². The minimum atomic E-state index is -5.03. The van der Waals surface area contributed by atoms with Crippen molar-refractivity contribution in [1.82, 2.24) is 15.3 Å². The Bertz CT molecular complexity index is 1380. The van der Waals surface area contributed by atoms with Crippen LogP contribution < -0.4 is 10.1 Å². The number of fused-ring (bicyclic) bond motifs is 1. The molecule has 4 aromatic rings. The molecular weight excluding hydrogens is 459 g/mol. The second-order valence-corrected chi connectivity index (χ2v) is 8.89. The van der Waals surface area contributed by atoms with Crippen molar-refractivity contribution in [3.8, 4) is 5.75 Å². The Balaban J connectivity index is 1.48. The molecule has 0 saturated heterocycles. The fourth-order valence-corrected chi connectivity index (χ4v) is 4.55. The summed E-state index contributed by atoms with van der Waals surface area (Å²) in [6.07, 6.45) is -1.81. The summed E-state index contributed by atoms with van der Waals surface area (Å²) in [5.74, 6) is -1.17. The predicted molar refractivity (Wildman–Crippen MR) is 112 cm³/mol. The zero-order chi connectivity index (χ0) is 23.6. The third-order valence-electron chi connectivity index (χ3n) is 4.72. The molecule has 0 aliphatic carbocycles. The van der Waals surface area contributed by atoms with E-state index in [1.165, 1.54) is 36.4 Å². The van der Waals surface area contributed by atoms with Gasteiger partial charge in [0.25, 0.3) is 5.91 Å². The maximum atomic E-state index is 12.9. The van der Waals surface area contributed by atoms with Crippen molar-refractivity contribution in [1.29, 1.82) is 0 Å². The number of alkyl halides is 3. The van der Waals surface area contributed by atoms with Crippen LogP contribution in [-0.4, -0.2) is 30.7 Å². The number of carbonyl (C=O) groups is 1. The van der Waals surface area contributed by atoms with E-state index in [1.807, 2.05) is 0 Å². The summed E-state index contributed by atoms with van der Waals surface area (Å²) in [4.78, 5) is 18.5. The van der Waals surface area contributed by atoms with Crippen LogP contribution in [0.15, 0.2) is 82.8 Å². The van der Waals surface area contributed by atoms with Gasteiger partial charge in [0.05, 0.1) is 4.90 Å². The van der Waals surface area contributed by atoms with Crippen molar-refractivity contribution in [2.75, 3.05) is 0 Å². The number of rotatable bonds is 6. The Hall–Kier alpha value is -3.86. The molecular formula is C22H16F3N3O4S. The van der Waals surface area contributed by atoms with Gasteiger partial charge < -0.3 is 15.0 Å². The quantitative estimate of drug-likeness (QED) is 0.435. The number of nitrogens with zero attached hydrogens (tertiary/aromatic N) is 1. The van der Waals surface area contributed by atoms with Crippen LogP contribution in [0.25, 0.3) is 10.9 Å². The lowest BCUT2D eigenvalue weighted by molar-refractivity contribution is -0.275. The van der Waals surface area contributed by atoms with Gasteiger partial charge >= 0.3 is 6.36 Å². The zero-order valence-electron chi connectivity index (χ0n) is 16.8. The number of amides is 1. The number of aromatic amines is 1. The van der Waals surface area contributed by atoms with Gasteiger partial charge in [-0.1, -0.05) is 24.3 Å². The Morgan fingerprint density at radius 3 is 2.48 bits per heavy atom. The second-order valence-electron chi connectivity index (χ2n) is 6.97. The molecule has 7 nitrogen and oxygen atoms in total. The molecule has 0 aliphatic rings. The van der Waals surface area contributed by atoms with E-state index in [-0.39, 0.29) is 17.3 Å². The summed E-state index contributed by atoms with van der Waals surface area (Å²) in [7, 11) is -4.27. The minimum absolute atomic E-state index is 0.112. The number of benzene rings is 2. The summed E-state index contributed by atoms with van der Waals surface area (Å²) in [5.41, 5.74) is 1.71. The maximum Gasteiger partial charge on any atom is 0.573 e. The molecule has 0 atom stereocenters. The lowest BCUT2D eigenvalue weighted by atomic mass is 10.2. The van der Waals surface area contributed by atoms with Crippen LogP contribution >= 0.6 is 0 Å². The van der Waals surface area contributed by atoms with Gasteiger partial charge in [-0.15, -0.1) is 13.2 Å². The Morgan fingerprint density at radius 1 is 1.06 bits per heavy atom. The summed E-state index contributed by atoms with van der Waals surface area (Å²) in [6.45, 7) is 0.112. The topological polar surface area (TPSA) is 101 Å². The third-order valence-corrected chi connectivity index (χ3v) is 6.53. The number of carbonyl (C=O) groups excluding carboxylic acids is 1. The Kier molecular flexibility index (Phi) is 5.81. The van der Waals surface area contributed by atoms with Gasteiger partial charge in [-0.3, -0.25) is 9.78 Å². The molecule has 1 amide bonds. The molecule has 33 heavy (non-hydrogen) atoms. The first-order chi connectivity index (χ1) is 15.6. The normalized spacial score (nSPS) is 12.0. The van der Waals surface area contributed by atoms with Crippen molar-refractivity contribution >= 4 is 26.6 Å². The smallest absolute Gasteiger partial charge is 0.404 e. The van der Waals surface area contributed by atoms with E-state index < -0.39 is 26.8 Å². The SMILES string of the molecule is O=C(NCc1ccc(S(=O)(=O)c2ccccc2OC(F)(F)F)cc1)c1cc2cnccc2[nH]1. The van der Waals surface area contributed by atoms with E-state index in [2.05, 4.69) is 20.0 Å². The van der Waals surface area contributed by atoms with Crippen molar-refractivity contribution < 1.29 is 31.1 Å². The molecule has 0 unspecified atom stereocenters. The Morgan fingerprint density at radius 2 is 1.79 bits per heavy atom. The standard InChI is InChI=1S/C22H16F3N3O4S/c23-22(24,25)32-19-3-1-2-4-20(19)33(30,31)16-7-5-14(6-8-16)12-27-21(29)18-11-15-13-26-10-9-17(15)28-18/h1-11,13,28H,12H2,(H,27,29). The van der Waals surface area contributed by atoms with Gasteiger partial charge in [0.2, 0.25) is 9.84 Å². The minimum Gasteiger partial charge on any atom is -0.404 e. The fraction of sp³-hybridized carbons (Fsp3) is 0.0909. The summed E-state index contributed by atoms with van der Waals surface area (Å²) >= 11 is 0. The maximum absolute atomic E-state index is 12.9. The highest BCUT2D eigenvalue weighted by molar-refractivity contribution is 7.91. The van der Waals surface area contributed by atoms with Crippen molar-refractivity contribution in [2.45, 2.75) is 22.7 Å². The van der Waals surface area contributed by atoms with Crippen LogP contribution in [-0.2, 0) is 16.4 Å². The first-order valence-corrected chi connectivity index (χ1v) is 11.0. The molecule has 170 valence electrons. The van der Waals surface area contributed by atoms with Crippen LogP contribution in [0.5, 0.6) is 5.75 Å². The number of aromatic nitrogens is 2. The van der Waals surface area contributed by atoms with Crippen molar-refractivity contribution in [3.05, 3.63) is 84.3 Å². The van der Waals surface area contributed by atoms with E-state index in [1.54, 1.807) is 24.5 Å². The fourth-order valence-electron chi connectivity index (χ4n) is 3.17. The summed E-state index contributed by atoms with van der Waals surface area (Å²) < 4.78 is 67.5. The van der Waals surface area contributed by atoms with E-state index >= 15 is 0 Å². The highest BCUT2D eigenvalue weighted by Crippen LogP contribution is 2.33. The molecule has 2 heterocycles. The van der Waals surface area contributed by atoms with E-state index in [9.17, 15) is 26.4 Å². The lowest BCUT2D eigenvalue weighted by Crippen LogP contribution is -2.23. The second kappa shape index (κ2) is 8.58. The molecule has 2 aromatic carbocycles. The number of ether oxygens (including phenoxy) is 1. The van der Waals surface area contributed by atoms with Gasteiger partial charge in [-0.25, -0.2) is 8.42 Å². The van der Waals surface area contributed by atoms with Crippen molar-refractivity contribution in [3.63, 3.8) is 0 Å². The number of hydrogen-bond donors (Lipinski definition) is 2. The van der Waals surface area contributed by atoms with Gasteiger partial charge in [0.15, 0.2) is 0 Å². The summed E-state index contributed by atoms with van der Waals surface area (Å²) in [5, 5.41) is 3.50. The van der Waals surface area contributed by atoms with E-state index in [4.69, 9.17) is 0 Å². The molecule has 0 saturated carbocycles. The molecule has 0 bridgehead atoms. The van der Waals surface area contributed by atoms with Crippen LogP contribution in [0.3, 0.4) is 0 Å². The number of H-pyrrole nitrogens is 1. The van der Waals surface area contributed by atoms with E-state index in [0.29, 0.717) is 11.3 Å². The highest BCUT2D eigenvalue weighted by Gasteiger charge is 2.34. The number of para-hydroxylation sites is 1. The third kappa shape index (κ3) is 4.98. The first-order valence-electron chi connectivity index (χ1n) is 9.53. The first kappa shape index (κ1) is 22.3.